The Labute approximate surface area is 168 Å². The van der Waals surface area contributed by atoms with Crippen molar-refractivity contribution in [2.24, 2.45) is 5.73 Å². The van der Waals surface area contributed by atoms with Gasteiger partial charge in [0.05, 0.1) is 13.3 Å². The highest BCUT2D eigenvalue weighted by molar-refractivity contribution is 5.86. The van der Waals surface area contributed by atoms with Gasteiger partial charge in [-0.15, -0.1) is 0 Å². The number of likely N-dealkylation sites (N-methyl/N-ethyl adjacent to an activating group) is 1. The van der Waals surface area contributed by atoms with Gasteiger partial charge in [-0.25, -0.2) is 0 Å². The zero-order chi connectivity index (χ0) is 19.9. The van der Waals surface area contributed by atoms with Crippen LogP contribution in [0.25, 0.3) is 10.8 Å². The van der Waals surface area contributed by atoms with Crippen LogP contribution in [0.5, 0.6) is 5.75 Å². The lowest BCUT2D eigenvalue weighted by Crippen LogP contribution is -2.39. The van der Waals surface area contributed by atoms with Gasteiger partial charge in [0.25, 0.3) is 0 Å². The molecule has 148 valence electrons. The Bertz CT molecular complexity index is 869. The first-order valence-electron chi connectivity index (χ1n) is 10.0. The van der Waals surface area contributed by atoms with E-state index in [2.05, 4.69) is 78.7 Å². The number of ether oxygens (including phenoxy) is 1. The minimum absolute atomic E-state index is 0.220. The van der Waals surface area contributed by atoms with Crippen LogP contribution in [0.1, 0.15) is 37.2 Å². The highest BCUT2D eigenvalue weighted by Crippen LogP contribution is 2.25. The number of nitrogens with zero attached hydrogens (tertiary/aromatic N) is 1. The van der Waals surface area contributed by atoms with Crippen LogP contribution in [0.3, 0.4) is 0 Å². The molecule has 28 heavy (non-hydrogen) atoms. The average Bonchev–Trinajstić information content (AvgIpc) is 2.76. The van der Waals surface area contributed by atoms with Gasteiger partial charge in [-0.05, 0) is 47.1 Å². The van der Waals surface area contributed by atoms with Crippen LogP contribution in [-0.4, -0.2) is 31.6 Å². The van der Waals surface area contributed by atoms with Gasteiger partial charge < -0.3 is 10.5 Å². The van der Waals surface area contributed by atoms with E-state index in [-0.39, 0.29) is 12.2 Å². The minimum atomic E-state index is -0.220. The van der Waals surface area contributed by atoms with Crippen LogP contribution < -0.4 is 15.8 Å². The standard InChI is InChI=1S/C24H31N3O/c1-4-27(5-2)23(19-13-15-20(28-3)16-14-19)17-26-24(25)22-12-8-10-18-9-6-7-11-21(18)22/h6-16,23-24,26H,4-5,17,25H2,1-3H3. The zero-order valence-corrected chi connectivity index (χ0v) is 17.1. The van der Waals surface area contributed by atoms with E-state index in [1.165, 1.54) is 16.3 Å². The Kier molecular flexibility index (Phi) is 7.04. The SMILES string of the molecule is CCN(CC)C(CNC(N)c1cccc2ccccc12)c1ccc(OC)cc1. The molecule has 0 amide bonds. The Morgan fingerprint density at radius 3 is 2.29 bits per heavy atom. The maximum atomic E-state index is 6.57. The van der Waals surface area contributed by atoms with E-state index in [4.69, 9.17) is 10.5 Å². The first kappa shape index (κ1) is 20.3. The Balaban J connectivity index is 1.80. The van der Waals surface area contributed by atoms with E-state index in [0.717, 1.165) is 30.9 Å². The first-order valence-corrected chi connectivity index (χ1v) is 10.0. The van der Waals surface area contributed by atoms with Crippen molar-refractivity contribution in [2.45, 2.75) is 26.1 Å². The quantitative estimate of drug-likeness (QED) is 0.540. The molecule has 3 aromatic rings. The van der Waals surface area contributed by atoms with Crippen molar-refractivity contribution in [3.63, 3.8) is 0 Å². The van der Waals surface area contributed by atoms with Crippen molar-refractivity contribution < 1.29 is 4.74 Å². The Morgan fingerprint density at radius 1 is 0.929 bits per heavy atom. The first-order chi connectivity index (χ1) is 13.7. The molecule has 0 aliphatic rings. The molecule has 4 heteroatoms. The maximum absolute atomic E-state index is 6.57. The molecule has 3 rings (SSSR count). The molecular formula is C24H31N3O. The topological polar surface area (TPSA) is 50.5 Å². The van der Waals surface area contributed by atoms with Crippen LogP contribution in [0.4, 0.5) is 0 Å². The van der Waals surface area contributed by atoms with Gasteiger partial charge in [0.2, 0.25) is 0 Å². The highest BCUT2D eigenvalue weighted by Gasteiger charge is 2.19. The molecule has 0 aliphatic carbocycles. The summed E-state index contributed by atoms with van der Waals surface area (Å²) >= 11 is 0. The predicted molar refractivity (Wildman–Crippen MR) is 118 cm³/mol. The van der Waals surface area contributed by atoms with E-state index < -0.39 is 0 Å². The molecule has 0 aliphatic heterocycles. The summed E-state index contributed by atoms with van der Waals surface area (Å²) in [5.41, 5.74) is 8.96. The fourth-order valence-electron chi connectivity index (χ4n) is 3.82. The summed E-state index contributed by atoms with van der Waals surface area (Å²) in [7, 11) is 1.70. The van der Waals surface area contributed by atoms with Crippen molar-refractivity contribution in [1.82, 2.24) is 10.2 Å². The Morgan fingerprint density at radius 2 is 1.61 bits per heavy atom. The molecule has 4 nitrogen and oxygen atoms in total. The number of hydrogen-bond acceptors (Lipinski definition) is 4. The van der Waals surface area contributed by atoms with Gasteiger partial charge in [0, 0.05) is 12.6 Å². The molecule has 2 atom stereocenters. The van der Waals surface area contributed by atoms with Gasteiger partial charge in [0.1, 0.15) is 5.75 Å². The molecule has 0 fully saturated rings. The number of rotatable bonds is 9. The third-order valence-corrected chi connectivity index (χ3v) is 5.44. The van der Waals surface area contributed by atoms with Crippen molar-refractivity contribution in [1.29, 1.82) is 0 Å². The fraction of sp³-hybridized carbons (Fsp3) is 0.333. The lowest BCUT2D eigenvalue weighted by atomic mass is 10.0. The van der Waals surface area contributed by atoms with E-state index in [9.17, 15) is 0 Å². The number of nitrogens with one attached hydrogen (secondary N) is 1. The number of benzene rings is 3. The smallest absolute Gasteiger partial charge is 0.118 e. The van der Waals surface area contributed by atoms with Crippen LogP contribution >= 0.6 is 0 Å². The summed E-state index contributed by atoms with van der Waals surface area (Å²) in [6.07, 6.45) is -0.220. The van der Waals surface area contributed by atoms with E-state index >= 15 is 0 Å². The fourth-order valence-corrected chi connectivity index (χ4v) is 3.82. The van der Waals surface area contributed by atoms with Crippen molar-refractivity contribution in [3.8, 4) is 5.75 Å². The summed E-state index contributed by atoms with van der Waals surface area (Å²) in [5.74, 6) is 0.877. The summed E-state index contributed by atoms with van der Waals surface area (Å²) in [5, 5.41) is 5.99. The molecular weight excluding hydrogens is 346 g/mol. The second kappa shape index (κ2) is 9.69. The second-order valence-electron chi connectivity index (χ2n) is 6.96. The van der Waals surface area contributed by atoms with E-state index in [1.54, 1.807) is 7.11 Å². The van der Waals surface area contributed by atoms with Gasteiger partial charge >= 0.3 is 0 Å². The maximum Gasteiger partial charge on any atom is 0.118 e. The summed E-state index contributed by atoms with van der Waals surface area (Å²) in [4.78, 5) is 2.45. The summed E-state index contributed by atoms with van der Waals surface area (Å²) < 4.78 is 5.31. The van der Waals surface area contributed by atoms with Gasteiger partial charge in [-0.1, -0.05) is 68.4 Å². The van der Waals surface area contributed by atoms with Crippen LogP contribution in [-0.2, 0) is 0 Å². The molecule has 0 bridgehead atoms. The van der Waals surface area contributed by atoms with Crippen molar-refractivity contribution >= 4 is 10.8 Å². The predicted octanol–water partition coefficient (Wildman–Crippen LogP) is 4.48. The number of nitrogens with two attached hydrogens (primary N) is 1. The highest BCUT2D eigenvalue weighted by atomic mass is 16.5. The number of hydrogen-bond donors (Lipinski definition) is 2. The van der Waals surface area contributed by atoms with Gasteiger partial charge in [0.15, 0.2) is 0 Å². The third kappa shape index (κ3) is 4.53. The summed E-state index contributed by atoms with van der Waals surface area (Å²) in [6, 6.07) is 23.3. The average molecular weight is 378 g/mol. The van der Waals surface area contributed by atoms with Crippen LogP contribution in [0.2, 0.25) is 0 Å². The number of methoxy groups -OCH3 is 1. The van der Waals surface area contributed by atoms with Crippen molar-refractivity contribution in [3.05, 3.63) is 77.9 Å². The molecule has 0 aromatic heterocycles. The normalized spacial score (nSPS) is 13.6. The molecule has 0 spiro atoms. The van der Waals surface area contributed by atoms with Crippen LogP contribution in [0.15, 0.2) is 66.7 Å². The molecule has 2 unspecified atom stereocenters. The lowest BCUT2D eigenvalue weighted by molar-refractivity contribution is 0.208. The monoisotopic (exact) mass is 377 g/mol. The molecule has 0 heterocycles. The van der Waals surface area contributed by atoms with E-state index in [0.29, 0.717) is 0 Å². The molecule has 0 radical (unpaired) electrons. The molecule has 0 saturated heterocycles. The second-order valence-corrected chi connectivity index (χ2v) is 6.96. The molecule has 3 aromatic carbocycles. The Hall–Kier alpha value is -2.40. The van der Waals surface area contributed by atoms with E-state index in [1.807, 2.05) is 12.1 Å². The summed E-state index contributed by atoms with van der Waals surface area (Å²) in [6.45, 7) is 7.14. The van der Waals surface area contributed by atoms with Crippen molar-refractivity contribution in [2.75, 3.05) is 26.7 Å². The minimum Gasteiger partial charge on any atom is -0.497 e. The van der Waals surface area contributed by atoms with Gasteiger partial charge in [-0.3, -0.25) is 10.2 Å². The van der Waals surface area contributed by atoms with Crippen LogP contribution in [0, 0.1) is 0 Å². The largest absolute Gasteiger partial charge is 0.497 e. The molecule has 0 saturated carbocycles. The number of fused-ring (bicyclic) bond motifs is 1. The lowest BCUT2D eigenvalue weighted by Gasteiger charge is -2.31. The third-order valence-electron chi connectivity index (χ3n) is 5.44. The molecule has 3 N–H and O–H groups in total. The zero-order valence-electron chi connectivity index (χ0n) is 17.1. The van der Waals surface area contributed by atoms with Gasteiger partial charge in [-0.2, -0.15) is 0 Å².